The van der Waals surface area contributed by atoms with Crippen LogP contribution in [0.1, 0.15) is 45.4 Å². The number of hydrogen-bond donors (Lipinski definition) is 1. The number of methoxy groups -OCH3 is 1. The van der Waals surface area contributed by atoms with Gasteiger partial charge in [0.05, 0.1) is 19.3 Å². The summed E-state index contributed by atoms with van der Waals surface area (Å²) in [6.45, 7) is 2.17. The second-order valence-corrected chi connectivity index (χ2v) is 3.71. The Morgan fingerprint density at radius 3 is 2.53 bits per heavy atom. The fraction of sp³-hybridized carbons (Fsp3) is 0.750. The van der Waals surface area contributed by atoms with Gasteiger partial charge in [-0.2, -0.15) is 0 Å². The molecule has 0 fully saturated rings. The van der Waals surface area contributed by atoms with Crippen LogP contribution >= 0.6 is 0 Å². The Morgan fingerprint density at radius 2 is 2.00 bits per heavy atom. The molecule has 0 saturated carbocycles. The summed E-state index contributed by atoms with van der Waals surface area (Å²) in [5, 5.41) is 8.90. The van der Waals surface area contributed by atoms with Gasteiger partial charge in [-0.25, -0.2) is 0 Å². The average molecular weight is 214 g/mol. The van der Waals surface area contributed by atoms with Crippen LogP contribution in [0.25, 0.3) is 0 Å². The van der Waals surface area contributed by atoms with Gasteiger partial charge in [0.25, 0.3) is 0 Å². The van der Waals surface area contributed by atoms with E-state index in [0.29, 0.717) is 6.42 Å². The molecule has 0 spiro atoms. The molecule has 88 valence electrons. The summed E-state index contributed by atoms with van der Waals surface area (Å²) in [5.74, 6) is -1.16. The van der Waals surface area contributed by atoms with E-state index in [1.54, 1.807) is 6.08 Å². The molecule has 0 amide bonds. The molecule has 0 bridgehead atoms. The lowest BCUT2D eigenvalue weighted by atomic mass is 10.0. The molecule has 3 heteroatoms. The molecule has 1 atom stereocenters. The topological polar surface area (TPSA) is 46.5 Å². The molecular weight excluding hydrogens is 192 g/mol. The fourth-order valence-electron chi connectivity index (χ4n) is 1.44. The minimum Gasteiger partial charge on any atom is -0.505 e. The number of hydrogen-bond acceptors (Lipinski definition) is 2. The lowest BCUT2D eigenvalue weighted by Gasteiger charge is -2.06. The standard InChI is InChI=1S/C12H22O3/c1-3-4-5-6-7-8-11(12(13)14)9-10-15-2/h9-11H,3-8H2,1-2H3,(H,13,14). The zero-order chi connectivity index (χ0) is 11.5. The number of aliphatic carboxylic acids is 1. The van der Waals surface area contributed by atoms with E-state index in [1.807, 2.05) is 0 Å². The molecule has 3 nitrogen and oxygen atoms in total. The first-order chi connectivity index (χ1) is 7.22. The summed E-state index contributed by atoms with van der Waals surface area (Å²) < 4.78 is 4.72. The van der Waals surface area contributed by atoms with Gasteiger partial charge >= 0.3 is 5.97 Å². The van der Waals surface area contributed by atoms with Crippen LogP contribution in [-0.2, 0) is 9.53 Å². The van der Waals surface area contributed by atoms with Gasteiger partial charge in [-0.15, -0.1) is 0 Å². The maximum Gasteiger partial charge on any atom is 0.310 e. The van der Waals surface area contributed by atoms with Gasteiger partial charge in [-0.05, 0) is 12.5 Å². The maximum atomic E-state index is 10.8. The van der Waals surface area contributed by atoms with E-state index >= 15 is 0 Å². The van der Waals surface area contributed by atoms with E-state index in [-0.39, 0.29) is 0 Å². The normalized spacial score (nSPS) is 12.9. The van der Waals surface area contributed by atoms with Crippen LogP contribution < -0.4 is 0 Å². The minimum atomic E-state index is -0.765. The third-order valence-corrected chi connectivity index (χ3v) is 2.38. The van der Waals surface area contributed by atoms with Crippen LogP contribution in [0.3, 0.4) is 0 Å². The number of carbonyl (C=O) groups is 1. The predicted molar refractivity (Wildman–Crippen MR) is 60.7 cm³/mol. The molecule has 0 saturated heterocycles. The van der Waals surface area contributed by atoms with Gasteiger partial charge in [0.2, 0.25) is 0 Å². The predicted octanol–water partition coefficient (Wildman–Crippen LogP) is 3.21. The summed E-state index contributed by atoms with van der Waals surface area (Å²) in [4.78, 5) is 10.8. The Bertz CT molecular complexity index is 187. The first kappa shape index (κ1) is 14.0. The van der Waals surface area contributed by atoms with Crippen molar-refractivity contribution in [3.63, 3.8) is 0 Å². The van der Waals surface area contributed by atoms with Crippen molar-refractivity contribution < 1.29 is 14.6 Å². The summed E-state index contributed by atoms with van der Waals surface area (Å²) >= 11 is 0. The van der Waals surface area contributed by atoms with Gasteiger partial charge in [0, 0.05) is 0 Å². The fourth-order valence-corrected chi connectivity index (χ4v) is 1.44. The summed E-state index contributed by atoms with van der Waals surface area (Å²) in [6.07, 6.45) is 9.53. The largest absolute Gasteiger partial charge is 0.505 e. The highest BCUT2D eigenvalue weighted by Gasteiger charge is 2.12. The molecule has 0 aliphatic rings. The Kier molecular flexibility index (Phi) is 8.93. The Balaban J connectivity index is 3.67. The van der Waals surface area contributed by atoms with Crippen molar-refractivity contribution in [3.8, 4) is 0 Å². The van der Waals surface area contributed by atoms with Crippen LogP contribution in [0.5, 0.6) is 0 Å². The third kappa shape index (κ3) is 8.03. The number of rotatable bonds is 9. The molecule has 0 aromatic carbocycles. The quantitative estimate of drug-likeness (QED) is 0.473. The molecule has 0 aromatic heterocycles. The van der Waals surface area contributed by atoms with Crippen molar-refractivity contribution in [2.45, 2.75) is 45.4 Å². The van der Waals surface area contributed by atoms with Crippen LogP contribution in [0.2, 0.25) is 0 Å². The SMILES string of the molecule is CCCCCCCC(C=COC)C(=O)O. The third-order valence-electron chi connectivity index (χ3n) is 2.38. The lowest BCUT2D eigenvalue weighted by Crippen LogP contribution is -2.10. The smallest absolute Gasteiger partial charge is 0.310 e. The summed E-state index contributed by atoms with van der Waals surface area (Å²) in [5.41, 5.74) is 0. The molecule has 15 heavy (non-hydrogen) atoms. The molecule has 0 aliphatic carbocycles. The second-order valence-electron chi connectivity index (χ2n) is 3.71. The van der Waals surface area contributed by atoms with Crippen LogP contribution in [0, 0.1) is 5.92 Å². The first-order valence-corrected chi connectivity index (χ1v) is 5.64. The van der Waals surface area contributed by atoms with Gasteiger partial charge in [0.15, 0.2) is 0 Å². The van der Waals surface area contributed by atoms with E-state index < -0.39 is 11.9 Å². The summed E-state index contributed by atoms with van der Waals surface area (Å²) in [7, 11) is 1.52. The van der Waals surface area contributed by atoms with E-state index in [1.165, 1.54) is 32.6 Å². The lowest BCUT2D eigenvalue weighted by molar-refractivity contribution is -0.140. The van der Waals surface area contributed by atoms with Crippen LogP contribution in [0.15, 0.2) is 12.3 Å². The molecular formula is C12H22O3. The number of unbranched alkanes of at least 4 members (excludes halogenated alkanes) is 4. The van der Waals surface area contributed by atoms with Gasteiger partial charge < -0.3 is 9.84 Å². The maximum absolute atomic E-state index is 10.8. The van der Waals surface area contributed by atoms with Crippen molar-refractivity contribution in [1.29, 1.82) is 0 Å². The molecule has 0 heterocycles. The second kappa shape index (κ2) is 9.56. The average Bonchev–Trinajstić information content (AvgIpc) is 2.21. The number of ether oxygens (including phenoxy) is 1. The first-order valence-electron chi connectivity index (χ1n) is 5.64. The zero-order valence-corrected chi connectivity index (χ0v) is 9.74. The molecule has 0 aromatic rings. The van der Waals surface area contributed by atoms with Gasteiger partial charge in [-0.3, -0.25) is 4.79 Å². The number of carboxylic acids is 1. The molecule has 0 rings (SSSR count). The number of carboxylic acid groups (broad SMARTS) is 1. The van der Waals surface area contributed by atoms with Crippen LogP contribution in [0.4, 0.5) is 0 Å². The molecule has 1 unspecified atom stereocenters. The van der Waals surface area contributed by atoms with E-state index in [0.717, 1.165) is 12.8 Å². The molecule has 1 N–H and O–H groups in total. The molecule has 0 aliphatic heterocycles. The van der Waals surface area contributed by atoms with Crippen molar-refractivity contribution >= 4 is 5.97 Å². The van der Waals surface area contributed by atoms with Crippen molar-refractivity contribution in [3.05, 3.63) is 12.3 Å². The Labute approximate surface area is 92.1 Å². The molecule has 0 radical (unpaired) electrons. The van der Waals surface area contributed by atoms with E-state index in [2.05, 4.69) is 6.92 Å². The highest BCUT2D eigenvalue weighted by molar-refractivity contribution is 5.71. The summed E-state index contributed by atoms with van der Waals surface area (Å²) in [6, 6.07) is 0. The minimum absolute atomic E-state index is 0.397. The van der Waals surface area contributed by atoms with Crippen LogP contribution in [-0.4, -0.2) is 18.2 Å². The van der Waals surface area contributed by atoms with Gasteiger partial charge in [0.1, 0.15) is 0 Å². The Hall–Kier alpha value is -0.990. The van der Waals surface area contributed by atoms with Gasteiger partial charge in [-0.1, -0.05) is 39.0 Å². The zero-order valence-electron chi connectivity index (χ0n) is 9.74. The van der Waals surface area contributed by atoms with E-state index in [4.69, 9.17) is 9.84 Å². The Morgan fingerprint density at radius 1 is 1.33 bits per heavy atom. The monoisotopic (exact) mass is 214 g/mol. The van der Waals surface area contributed by atoms with E-state index in [9.17, 15) is 4.79 Å². The highest BCUT2D eigenvalue weighted by atomic mass is 16.5. The highest BCUT2D eigenvalue weighted by Crippen LogP contribution is 2.13. The van der Waals surface area contributed by atoms with Crippen molar-refractivity contribution in [2.75, 3.05) is 7.11 Å². The van der Waals surface area contributed by atoms with Crippen molar-refractivity contribution in [1.82, 2.24) is 0 Å². The van der Waals surface area contributed by atoms with Crippen molar-refractivity contribution in [2.24, 2.45) is 5.92 Å².